The minimum Gasteiger partial charge on any atom is -0.457 e. The summed E-state index contributed by atoms with van der Waals surface area (Å²) in [4.78, 5) is 11.3. The molecule has 0 atom stereocenters. The van der Waals surface area contributed by atoms with Crippen LogP contribution in [-0.4, -0.2) is 11.0 Å². The fourth-order valence-electron chi connectivity index (χ4n) is 1.65. The average Bonchev–Trinajstić information content (AvgIpc) is 2.50. The zero-order valence-corrected chi connectivity index (χ0v) is 11.3. The van der Waals surface area contributed by atoms with Crippen molar-refractivity contribution in [3.63, 3.8) is 0 Å². The Kier molecular flexibility index (Phi) is 4.74. The Morgan fingerprint density at radius 1 is 1.05 bits per heavy atom. The molecular weight excluding hydrogens is 254 g/mol. The fourth-order valence-corrected chi connectivity index (χ4v) is 1.65. The number of nitrogens with one attached hydrogen (secondary N) is 1. The van der Waals surface area contributed by atoms with Gasteiger partial charge in [-0.1, -0.05) is 19.1 Å². The van der Waals surface area contributed by atoms with E-state index in [9.17, 15) is 4.79 Å². The summed E-state index contributed by atoms with van der Waals surface area (Å²) in [5, 5.41) is 11.7. The lowest BCUT2D eigenvalue weighted by molar-refractivity contribution is -0.115. The minimum absolute atomic E-state index is 0.0155. The lowest BCUT2D eigenvalue weighted by Crippen LogP contribution is -2.08. The maximum Gasteiger partial charge on any atom is 0.224 e. The second kappa shape index (κ2) is 6.73. The zero-order chi connectivity index (χ0) is 14.4. The molecule has 4 heteroatoms. The highest BCUT2D eigenvalue weighted by molar-refractivity contribution is 5.90. The van der Waals surface area contributed by atoms with Crippen molar-refractivity contribution < 1.29 is 14.6 Å². The van der Waals surface area contributed by atoms with Crippen molar-refractivity contribution in [2.75, 3.05) is 5.32 Å². The van der Waals surface area contributed by atoms with Crippen LogP contribution >= 0.6 is 0 Å². The van der Waals surface area contributed by atoms with Gasteiger partial charge in [0.1, 0.15) is 11.5 Å². The van der Waals surface area contributed by atoms with E-state index in [2.05, 4.69) is 5.32 Å². The van der Waals surface area contributed by atoms with E-state index >= 15 is 0 Å². The number of aliphatic hydroxyl groups excluding tert-OH is 1. The smallest absolute Gasteiger partial charge is 0.224 e. The van der Waals surface area contributed by atoms with Gasteiger partial charge in [0.25, 0.3) is 0 Å². The van der Waals surface area contributed by atoms with Crippen LogP contribution in [0.25, 0.3) is 0 Å². The van der Waals surface area contributed by atoms with Crippen LogP contribution in [0.3, 0.4) is 0 Å². The van der Waals surface area contributed by atoms with Gasteiger partial charge < -0.3 is 15.2 Å². The van der Waals surface area contributed by atoms with Crippen LogP contribution in [0, 0.1) is 0 Å². The van der Waals surface area contributed by atoms with Gasteiger partial charge in [-0.05, 0) is 42.0 Å². The van der Waals surface area contributed by atoms with Gasteiger partial charge in [-0.3, -0.25) is 4.79 Å². The first kappa shape index (κ1) is 14.1. The minimum atomic E-state index is -0.0155. The molecule has 2 N–H and O–H groups in total. The summed E-state index contributed by atoms with van der Waals surface area (Å²) in [6.45, 7) is 1.83. The van der Waals surface area contributed by atoms with Crippen LogP contribution in [0.1, 0.15) is 18.9 Å². The Morgan fingerprint density at radius 3 is 2.10 bits per heavy atom. The van der Waals surface area contributed by atoms with Gasteiger partial charge in [-0.25, -0.2) is 0 Å². The van der Waals surface area contributed by atoms with E-state index in [1.807, 2.05) is 19.1 Å². The van der Waals surface area contributed by atoms with Crippen molar-refractivity contribution in [2.24, 2.45) is 0 Å². The maximum atomic E-state index is 11.3. The highest BCUT2D eigenvalue weighted by Gasteiger charge is 2.01. The number of benzene rings is 2. The third-order valence-electron chi connectivity index (χ3n) is 2.80. The summed E-state index contributed by atoms with van der Waals surface area (Å²) in [6.07, 6.45) is 0.454. The highest BCUT2D eigenvalue weighted by atomic mass is 16.5. The number of amides is 1. The quantitative estimate of drug-likeness (QED) is 0.877. The Bertz CT molecular complexity index is 561. The van der Waals surface area contributed by atoms with Gasteiger partial charge in [0.05, 0.1) is 6.61 Å². The van der Waals surface area contributed by atoms with Crippen LogP contribution in [-0.2, 0) is 11.4 Å². The Balaban J connectivity index is 2.00. The van der Waals surface area contributed by atoms with Crippen LogP contribution < -0.4 is 10.1 Å². The fraction of sp³-hybridized carbons (Fsp3) is 0.188. The summed E-state index contributed by atoms with van der Waals surface area (Å²) in [5.41, 5.74) is 1.59. The molecule has 0 aliphatic heterocycles. The highest BCUT2D eigenvalue weighted by Crippen LogP contribution is 2.23. The molecule has 0 saturated carbocycles. The molecule has 0 saturated heterocycles. The van der Waals surface area contributed by atoms with Crippen LogP contribution in [0.15, 0.2) is 48.5 Å². The number of rotatable bonds is 5. The maximum absolute atomic E-state index is 11.3. The van der Waals surface area contributed by atoms with Gasteiger partial charge in [0.15, 0.2) is 0 Å². The number of ether oxygens (including phenoxy) is 1. The van der Waals surface area contributed by atoms with Gasteiger partial charge in [-0.15, -0.1) is 0 Å². The van der Waals surface area contributed by atoms with Crippen LogP contribution in [0.2, 0.25) is 0 Å². The van der Waals surface area contributed by atoms with Gasteiger partial charge in [0, 0.05) is 12.1 Å². The molecule has 2 aromatic rings. The molecule has 4 nitrogen and oxygen atoms in total. The number of carbonyl (C=O) groups is 1. The number of aliphatic hydroxyl groups is 1. The molecule has 104 valence electrons. The van der Waals surface area contributed by atoms with Crippen molar-refractivity contribution in [3.05, 3.63) is 54.1 Å². The Hall–Kier alpha value is -2.33. The molecule has 0 bridgehead atoms. The number of carbonyl (C=O) groups excluding carboxylic acids is 1. The van der Waals surface area contributed by atoms with Crippen molar-refractivity contribution in [1.29, 1.82) is 0 Å². The molecular formula is C16H17NO3. The predicted octanol–water partition coefficient (Wildman–Crippen LogP) is 3.32. The Labute approximate surface area is 118 Å². The van der Waals surface area contributed by atoms with Gasteiger partial charge >= 0.3 is 0 Å². The lowest BCUT2D eigenvalue weighted by Gasteiger charge is -2.08. The van der Waals surface area contributed by atoms with Crippen molar-refractivity contribution in [2.45, 2.75) is 20.0 Å². The molecule has 0 aliphatic rings. The first-order valence-electron chi connectivity index (χ1n) is 6.49. The summed E-state index contributed by atoms with van der Waals surface area (Å²) >= 11 is 0. The van der Waals surface area contributed by atoms with Crippen molar-refractivity contribution in [3.8, 4) is 11.5 Å². The van der Waals surface area contributed by atoms with E-state index < -0.39 is 0 Å². The molecule has 1 amide bonds. The molecule has 0 aliphatic carbocycles. The van der Waals surface area contributed by atoms with E-state index in [1.54, 1.807) is 36.4 Å². The van der Waals surface area contributed by atoms with E-state index in [0.717, 1.165) is 11.3 Å². The number of anilines is 1. The molecule has 0 radical (unpaired) electrons. The first-order valence-corrected chi connectivity index (χ1v) is 6.49. The average molecular weight is 271 g/mol. The van der Waals surface area contributed by atoms with Crippen molar-refractivity contribution in [1.82, 2.24) is 0 Å². The second-order valence-corrected chi connectivity index (χ2v) is 4.33. The Morgan fingerprint density at radius 2 is 1.60 bits per heavy atom. The molecule has 0 heterocycles. The molecule has 0 spiro atoms. The topological polar surface area (TPSA) is 58.6 Å². The molecule has 0 unspecified atom stereocenters. The zero-order valence-electron chi connectivity index (χ0n) is 11.3. The predicted molar refractivity (Wildman–Crippen MR) is 77.8 cm³/mol. The van der Waals surface area contributed by atoms with Crippen LogP contribution in [0.5, 0.6) is 11.5 Å². The normalized spacial score (nSPS) is 10.1. The molecule has 2 aromatic carbocycles. The number of hydrogen-bond donors (Lipinski definition) is 2. The van der Waals surface area contributed by atoms with Gasteiger partial charge in [0.2, 0.25) is 5.91 Å². The first-order chi connectivity index (χ1) is 9.71. The second-order valence-electron chi connectivity index (χ2n) is 4.33. The van der Waals surface area contributed by atoms with Crippen LogP contribution in [0.4, 0.5) is 5.69 Å². The summed E-state index contributed by atoms with van der Waals surface area (Å²) in [7, 11) is 0. The number of hydrogen-bond acceptors (Lipinski definition) is 3. The lowest BCUT2D eigenvalue weighted by atomic mass is 10.2. The third-order valence-corrected chi connectivity index (χ3v) is 2.80. The largest absolute Gasteiger partial charge is 0.457 e. The molecule has 2 rings (SSSR count). The standard InChI is InChI=1S/C16H17NO3/c1-2-16(19)17-13-5-9-15(10-6-13)20-14-7-3-12(11-18)4-8-14/h3-10,18H,2,11H2,1H3,(H,17,19). The third kappa shape index (κ3) is 3.83. The van der Waals surface area contributed by atoms with E-state index in [0.29, 0.717) is 17.9 Å². The summed E-state index contributed by atoms with van der Waals surface area (Å²) in [5.74, 6) is 1.38. The van der Waals surface area contributed by atoms with E-state index in [1.165, 1.54) is 0 Å². The summed E-state index contributed by atoms with van der Waals surface area (Å²) in [6, 6.07) is 14.4. The van der Waals surface area contributed by atoms with Gasteiger partial charge in [-0.2, -0.15) is 0 Å². The SMILES string of the molecule is CCC(=O)Nc1ccc(Oc2ccc(CO)cc2)cc1. The van der Waals surface area contributed by atoms with Crippen molar-refractivity contribution >= 4 is 11.6 Å². The molecule has 20 heavy (non-hydrogen) atoms. The molecule has 0 fully saturated rings. The monoisotopic (exact) mass is 271 g/mol. The molecule has 0 aromatic heterocycles. The summed E-state index contributed by atoms with van der Waals surface area (Å²) < 4.78 is 5.67. The van der Waals surface area contributed by atoms with E-state index in [4.69, 9.17) is 9.84 Å². The van der Waals surface area contributed by atoms with E-state index in [-0.39, 0.29) is 12.5 Å².